The number of methoxy groups -OCH3 is 3. The molecule has 0 N–H and O–H groups in total. The first-order chi connectivity index (χ1) is 9.24. The smallest absolute Gasteiger partial charge is 0.305 e. The maximum absolute atomic E-state index is 10.8. The molecule has 0 amide bonds. The highest BCUT2D eigenvalue weighted by molar-refractivity contribution is 5.69. The normalized spacial score (nSPS) is 11.8. The van der Waals surface area contributed by atoms with Crippen molar-refractivity contribution in [2.24, 2.45) is 0 Å². The lowest BCUT2D eigenvalue weighted by Gasteiger charge is -2.10. The number of carbonyl (C=O) groups excluding carboxylic acids is 1. The molecule has 0 aliphatic heterocycles. The van der Waals surface area contributed by atoms with E-state index in [9.17, 15) is 4.79 Å². The quantitative estimate of drug-likeness (QED) is 0.250. The van der Waals surface area contributed by atoms with Crippen molar-refractivity contribution in [3.8, 4) is 0 Å². The Balaban J connectivity index is 3.43. The van der Waals surface area contributed by atoms with Gasteiger partial charge in [0, 0.05) is 27.1 Å². The lowest BCUT2D eigenvalue weighted by atomic mass is 10.2. The van der Waals surface area contributed by atoms with Gasteiger partial charge in [0.05, 0.1) is 7.11 Å². The van der Waals surface area contributed by atoms with E-state index in [0.29, 0.717) is 6.42 Å². The maximum Gasteiger partial charge on any atom is 0.305 e. The number of ether oxygens (including phenoxy) is 3. The van der Waals surface area contributed by atoms with Gasteiger partial charge >= 0.3 is 5.97 Å². The third-order valence-electron chi connectivity index (χ3n) is 2.67. The molecule has 0 rings (SSSR count). The average molecular weight is 270 g/mol. The molecule has 0 aliphatic carbocycles. The van der Waals surface area contributed by atoms with Gasteiger partial charge < -0.3 is 14.2 Å². The first-order valence-electron chi connectivity index (χ1n) is 6.67. The van der Waals surface area contributed by atoms with Gasteiger partial charge in [-0.15, -0.1) is 0 Å². The van der Waals surface area contributed by atoms with Crippen LogP contribution in [0.4, 0.5) is 0 Å². The van der Waals surface area contributed by atoms with Crippen LogP contribution < -0.4 is 0 Å². The van der Waals surface area contributed by atoms with Gasteiger partial charge in [0.15, 0.2) is 6.29 Å². The van der Waals surface area contributed by atoms with E-state index < -0.39 is 0 Å². The van der Waals surface area contributed by atoms with Crippen molar-refractivity contribution in [3.05, 3.63) is 24.3 Å². The summed E-state index contributed by atoms with van der Waals surface area (Å²) in [7, 11) is 4.71. The summed E-state index contributed by atoms with van der Waals surface area (Å²) in [5.41, 5.74) is 0. The number of carbonyl (C=O) groups is 1. The van der Waals surface area contributed by atoms with E-state index in [1.165, 1.54) is 7.11 Å². The topological polar surface area (TPSA) is 44.8 Å². The number of hydrogen-bond donors (Lipinski definition) is 0. The number of rotatable bonds is 11. The monoisotopic (exact) mass is 270 g/mol. The highest BCUT2D eigenvalue weighted by Gasteiger charge is 2.01. The number of esters is 1. The van der Waals surface area contributed by atoms with E-state index in [4.69, 9.17) is 9.47 Å². The zero-order chi connectivity index (χ0) is 14.3. The Morgan fingerprint density at radius 1 is 0.895 bits per heavy atom. The molecule has 4 nitrogen and oxygen atoms in total. The summed E-state index contributed by atoms with van der Waals surface area (Å²) in [4.78, 5) is 10.8. The third-order valence-corrected chi connectivity index (χ3v) is 2.67. The van der Waals surface area contributed by atoms with Gasteiger partial charge in [-0.1, -0.05) is 24.3 Å². The molecular weight excluding hydrogens is 244 g/mol. The van der Waals surface area contributed by atoms with Crippen LogP contribution in [0.3, 0.4) is 0 Å². The molecule has 0 aromatic rings. The van der Waals surface area contributed by atoms with Gasteiger partial charge in [-0.2, -0.15) is 0 Å². The lowest BCUT2D eigenvalue weighted by molar-refractivity contribution is -0.140. The van der Waals surface area contributed by atoms with Crippen molar-refractivity contribution in [2.45, 2.75) is 44.8 Å². The van der Waals surface area contributed by atoms with E-state index in [1.807, 2.05) is 6.08 Å². The largest absolute Gasteiger partial charge is 0.469 e. The molecule has 0 fully saturated rings. The Morgan fingerprint density at radius 3 is 1.95 bits per heavy atom. The molecule has 0 saturated carbocycles. The van der Waals surface area contributed by atoms with Gasteiger partial charge in [-0.25, -0.2) is 0 Å². The van der Waals surface area contributed by atoms with Gasteiger partial charge in [0.25, 0.3) is 0 Å². The van der Waals surface area contributed by atoms with Gasteiger partial charge in [-0.05, 0) is 25.7 Å². The molecule has 0 saturated heterocycles. The van der Waals surface area contributed by atoms with E-state index in [-0.39, 0.29) is 12.3 Å². The van der Waals surface area contributed by atoms with E-state index in [2.05, 4.69) is 23.0 Å². The second-order valence-corrected chi connectivity index (χ2v) is 4.11. The predicted molar refractivity (Wildman–Crippen MR) is 75.8 cm³/mol. The molecule has 0 aromatic carbocycles. The molecule has 0 unspecified atom stereocenters. The zero-order valence-corrected chi connectivity index (χ0v) is 12.3. The summed E-state index contributed by atoms with van der Waals surface area (Å²) in [6.45, 7) is 0. The molecule has 0 heterocycles. The van der Waals surface area contributed by atoms with Crippen LogP contribution in [0.2, 0.25) is 0 Å². The van der Waals surface area contributed by atoms with Crippen LogP contribution >= 0.6 is 0 Å². The van der Waals surface area contributed by atoms with Crippen molar-refractivity contribution in [3.63, 3.8) is 0 Å². The van der Waals surface area contributed by atoms with Crippen LogP contribution in [-0.4, -0.2) is 33.6 Å². The molecule has 0 bridgehead atoms. The van der Waals surface area contributed by atoms with Crippen molar-refractivity contribution in [1.29, 1.82) is 0 Å². The summed E-state index contributed by atoms with van der Waals surface area (Å²) < 4.78 is 14.7. The number of allylic oxidation sites excluding steroid dienone is 4. The summed E-state index contributed by atoms with van der Waals surface area (Å²) in [6.07, 6.45) is 13.4. The van der Waals surface area contributed by atoms with Crippen LogP contribution in [0.5, 0.6) is 0 Å². The Hall–Kier alpha value is -1.13. The minimum atomic E-state index is -0.157. The zero-order valence-electron chi connectivity index (χ0n) is 12.3. The van der Waals surface area contributed by atoms with Crippen LogP contribution in [0.1, 0.15) is 38.5 Å². The van der Waals surface area contributed by atoms with Crippen LogP contribution in [0.15, 0.2) is 24.3 Å². The first kappa shape index (κ1) is 17.9. The minimum absolute atomic E-state index is 0.108. The van der Waals surface area contributed by atoms with Crippen LogP contribution in [-0.2, 0) is 19.0 Å². The molecule has 0 radical (unpaired) electrons. The predicted octanol–water partition coefficient (Wildman–Crippen LogP) is 3.23. The fourth-order valence-electron chi connectivity index (χ4n) is 1.53. The molecular formula is C15H26O4. The second kappa shape index (κ2) is 13.3. The van der Waals surface area contributed by atoms with E-state index in [1.54, 1.807) is 14.2 Å². The molecule has 4 heteroatoms. The molecule has 0 aliphatic rings. The summed E-state index contributed by atoms with van der Waals surface area (Å²) in [5.74, 6) is -0.157. The Bertz CT molecular complexity index is 267. The van der Waals surface area contributed by atoms with Crippen molar-refractivity contribution in [1.82, 2.24) is 0 Å². The second-order valence-electron chi connectivity index (χ2n) is 4.11. The van der Waals surface area contributed by atoms with Crippen molar-refractivity contribution in [2.75, 3.05) is 21.3 Å². The lowest BCUT2D eigenvalue weighted by Crippen LogP contribution is -2.11. The SMILES string of the molecule is COC(=O)CCC=CCCC=CCCC(OC)OC. The van der Waals surface area contributed by atoms with E-state index >= 15 is 0 Å². The molecule has 19 heavy (non-hydrogen) atoms. The fraction of sp³-hybridized carbons (Fsp3) is 0.667. The Morgan fingerprint density at radius 2 is 1.42 bits per heavy atom. The average Bonchev–Trinajstić information content (AvgIpc) is 2.44. The highest BCUT2D eigenvalue weighted by atomic mass is 16.7. The Kier molecular flexibility index (Phi) is 12.5. The maximum atomic E-state index is 10.8. The molecule has 110 valence electrons. The van der Waals surface area contributed by atoms with Crippen molar-refractivity contribution >= 4 is 5.97 Å². The minimum Gasteiger partial charge on any atom is -0.469 e. The first-order valence-corrected chi connectivity index (χ1v) is 6.67. The Labute approximate surface area is 116 Å². The third kappa shape index (κ3) is 11.7. The summed E-state index contributed by atoms with van der Waals surface area (Å²) in [5, 5.41) is 0. The van der Waals surface area contributed by atoms with Crippen molar-refractivity contribution < 1.29 is 19.0 Å². The number of hydrogen-bond acceptors (Lipinski definition) is 4. The molecule has 0 atom stereocenters. The van der Waals surface area contributed by atoms with Gasteiger partial charge in [0.2, 0.25) is 0 Å². The van der Waals surface area contributed by atoms with Crippen LogP contribution in [0, 0.1) is 0 Å². The van der Waals surface area contributed by atoms with E-state index in [0.717, 1.165) is 32.1 Å². The highest BCUT2D eigenvalue weighted by Crippen LogP contribution is 2.04. The molecule has 0 aromatic heterocycles. The summed E-state index contributed by atoms with van der Waals surface area (Å²) >= 11 is 0. The van der Waals surface area contributed by atoms with Crippen LogP contribution in [0.25, 0.3) is 0 Å². The standard InChI is InChI=1S/C15H26O4/c1-17-14(16)12-10-8-6-4-5-7-9-11-13-15(18-2)19-3/h6-9,15H,4-5,10-13H2,1-3H3. The molecule has 0 spiro atoms. The number of unbranched alkanes of at least 4 members (excludes halogenated alkanes) is 1. The van der Waals surface area contributed by atoms with Gasteiger partial charge in [0.1, 0.15) is 0 Å². The van der Waals surface area contributed by atoms with Gasteiger partial charge in [-0.3, -0.25) is 4.79 Å². The summed E-state index contributed by atoms with van der Waals surface area (Å²) in [6, 6.07) is 0. The fourth-order valence-corrected chi connectivity index (χ4v) is 1.53.